The molecule has 0 saturated carbocycles. The molecule has 1 fully saturated rings. The van der Waals surface area contributed by atoms with E-state index >= 15 is 0 Å². The zero-order valence-corrected chi connectivity index (χ0v) is 7.86. The molecule has 0 aromatic heterocycles. The smallest absolute Gasteiger partial charge is 0.370 e. The van der Waals surface area contributed by atoms with Crippen LogP contribution in [-0.4, -0.2) is 16.6 Å². The van der Waals surface area contributed by atoms with Gasteiger partial charge in [-0.1, -0.05) is 24.0 Å². The predicted octanol–water partition coefficient (Wildman–Crippen LogP) is -2.39. The third kappa shape index (κ3) is 2.93. The minimum Gasteiger partial charge on any atom is -0.370 e. The van der Waals surface area contributed by atoms with Crippen LogP contribution in [-0.2, 0) is 0 Å². The third-order valence-corrected chi connectivity index (χ3v) is 1.92. The number of rotatable bonds is 0. The second kappa shape index (κ2) is 4.15. The maximum Gasteiger partial charge on any atom is 1.00 e. The predicted molar refractivity (Wildman–Crippen MR) is 33.1 cm³/mol. The van der Waals surface area contributed by atoms with Crippen LogP contribution in [0.5, 0.6) is 0 Å². The summed E-state index contributed by atoms with van der Waals surface area (Å²) in [5, 5.41) is 3.01. The van der Waals surface area contributed by atoms with Crippen molar-refractivity contribution in [3.8, 4) is 0 Å². The monoisotopic (exact) mass is 142 g/mol. The summed E-state index contributed by atoms with van der Waals surface area (Å²) < 4.78 is 0.954. The molecule has 0 radical (unpaired) electrons. The van der Waals surface area contributed by atoms with Gasteiger partial charge in [0, 0.05) is 12.3 Å². The topological polar surface area (TPSA) is 12.0 Å². The molecule has 1 aliphatic heterocycles. The number of nitrogens with one attached hydrogen (secondary N) is 1. The largest absolute Gasteiger partial charge is 1.00 e. The second-order valence-electron chi connectivity index (χ2n) is 1.06. The van der Waals surface area contributed by atoms with Crippen LogP contribution < -0.4 is 34.9 Å². The van der Waals surface area contributed by atoms with Crippen molar-refractivity contribution in [1.29, 1.82) is 0 Å². The number of thioether (sulfide) groups is 1. The van der Waals surface area contributed by atoms with E-state index in [0.29, 0.717) is 0 Å². The van der Waals surface area contributed by atoms with E-state index in [-0.39, 0.29) is 29.6 Å². The molecule has 0 aromatic rings. The fourth-order valence-corrected chi connectivity index (χ4v) is 1.29. The van der Waals surface area contributed by atoms with Crippen molar-refractivity contribution in [1.82, 2.24) is 5.32 Å². The Labute approximate surface area is 74.9 Å². The van der Waals surface area contributed by atoms with Gasteiger partial charge in [-0.05, 0) is 0 Å². The molecule has 7 heavy (non-hydrogen) atoms. The summed E-state index contributed by atoms with van der Waals surface area (Å²) in [6, 6.07) is 0. The van der Waals surface area contributed by atoms with Crippen LogP contribution in [0.3, 0.4) is 0 Å². The van der Waals surface area contributed by atoms with Crippen LogP contribution in [0.25, 0.3) is 0 Å². The van der Waals surface area contributed by atoms with Crippen LogP contribution in [0.1, 0.15) is 0 Å². The van der Waals surface area contributed by atoms with Crippen LogP contribution in [0.2, 0.25) is 0 Å². The van der Waals surface area contributed by atoms with Crippen LogP contribution in [0, 0.1) is 0 Å². The zero-order valence-electron chi connectivity index (χ0n) is 4.23. The van der Waals surface area contributed by atoms with Gasteiger partial charge in [0.05, 0.1) is 0 Å². The molecule has 1 rings (SSSR count). The van der Waals surface area contributed by atoms with Crippen LogP contribution >= 0.6 is 24.0 Å². The molecular formula is C3H5NNaS2+. The molecular weight excluding hydrogens is 137 g/mol. The molecule has 0 aromatic carbocycles. The molecule has 0 aliphatic carbocycles. The van der Waals surface area contributed by atoms with Gasteiger partial charge in [-0.15, -0.1) is 0 Å². The molecule has 1 heterocycles. The SMILES string of the molecule is S=C1NCCS1.[Na+]. The fourth-order valence-electron chi connectivity index (χ4n) is 0.348. The van der Waals surface area contributed by atoms with Crippen molar-refractivity contribution >= 4 is 28.3 Å². The minimum atomic E-state index is 0. The van der Waals surface area contributed by atoms with E-state index in [9.17, 15) is 0 Å². The average Bonchev–Trinajstić information content (AvgIpc) is 1.86. The van der Waals surface area contributed by atoms with Gasteiger partial charge < -0.3 is 5.32 Å². The molecule has 1 N–H and O–H groups in total. The summed E-state index contributed by atoms with van der Waals surface area (Å²) in [7, 11) is 0. The Morgan fingerprint density at radius 1 is 1.71 bits per heavy atom. The first-order valence-electron chi connectivity index (χ1n) is 1.80. The Balaban J connectivity index is 0.000000360. The number of hydrogen-bond acceptors (Lipinski definition) is 2. The molecule has 1 nitrogen and oxygen atoms in total. The Kier molecular flexibility index (Phi) is 4.89. The fraction of sp³-hybridized carbons (Fsp3) is 0.667. The Hall–Kier alpha value is 1.24. The maximum atomic E-state index is 4.77. The van der Waals surface area contributed by atoms with Crippen molar-refractivity contribution < 1.29 is 29.6 Å². The van der Waals surface area contributed by atoms with Gasteiger partial charge in [0.25, 0.3) is 0 Å². The molecule has 0 unspecified atom stereocenters. The maximum absolute atomic E-state index is 4.77. The van der Waals surface area contributed by atoms with E-state index < -0.39 is 0 Å². The molecule has 0 spiro atoms. The molecule has 4 heteroatoms. The first kappa shape index (κ1) is 8.24. The van der Waals surface area contributed by atoms with E-state index in [1.165, 1.54) is 0 Å². The molecule has 0 atom stereocenters. The van der Waals surface area contributed by atoms with Gasteiger partial charge in [-0.25, -0.2) is 0 Å². The standard InChI is InChI=1S/C3H5NS2.Na/c5-3-4-1-2-6-3;/h1-2H2,(H,4,5);/q;+1. The van der Waals surface area contributed by atoms with Crippen molar-refractivity contribution in [2.45, 2.75) is 0 Å². The third-order valence-electron chi connectivity index (χ3n) is 0.605. The van der Waals surface area contributed by atoms with Crippen molar-refractivity contribution in [2.24, 2.45) is 0 Å². The number of hydrogen-bond donors (Lipinski definition) is 1. The molecule has 1 aliphatic rings. The Bertz CT molecular complexity index is 67.3. The summed E-state index contributed by atoms with van der Waals surface area (Å²) in [6.45, 7) is 1.06. The Morgan fingerprint density at radius 3 is 2.57 bits per heavy atom. The van der Waals surface area contributed by atoms with Crippen molar-refractivity contribution in [2.75, 3.05) is 12.3 Å². The summed E-state index contributed by atoms with van der Waals surface area (Å²) in [5.41, 5.74) is 0. The van der Waals surface area contributed by atoms with Crippen LogP contribution in [0.4, 0.5) is 0 Å². The first-order chi connectivity index (χ1) is 2.89. The van der Waals surface area contributed by atoms with Gasteiger partial charge in [0.2, 0.25) is 0 Å². The zero-order chi connectivity index (χ0) is 4.41. The first-order valence-corrected chi connectivity index (χ1v) is 3.19. The van der Waals surface area contributed by atoms with Crippen molar-refractivity contribution in [3.05, 3.63) is 0 Å². The summed E-state index contributed by atoms with van der Waals surface area (Å²) >= 11 is 6.49. The minimum absolute atomic E-state index is 0. The molecule has 1 saturated heterocycles. The summed E-state index contributed by atoms with van der Waals surface area (Å²) in [4.78, 5) is 0. The second-order valence-corrected chi connectivity index (χ2v) is 2.83. The van der Waals surface area contributed by atoms with Gasteiger partial charge in [0.15, 0.2) is 0 Å². The molecule has 0 amide bonds. The van der Waals surface area contributed by atoms with Gasteiger partial charge in [0.1, 0.15) is 4.32 Å². The normalized spacial score (nSPS) is 18.0. The van der Waals surface area contributed by atoms with E-state index in [2.05, 4.69) is 5.32 Å². The van der Waals surface area contributed by atoms with E-state index in [1.807, 2.05) is 0 Å². The van der Waals surface area contributed by atoms with E-state index in [4.69, 9.17) is 12.2 Å². The number of thiocarbonyl (C=S) groups is 1. The Morgan fingerprint density at radius 2 is 2.43 bits per heavy atom. The molecule has 0 bridgehead atoms. The van der Waals surface area contributed by atoms with E-state index in [0.717, 1.165) is 16.6 Å². The average molecular weight is 142 g/mol. The summed E-state index contributed by atoms with van der Waals surface area (Å²) in [6.07, 6.45) is 0. The van der Waals surface area contributed by atoms with Crippen molar-refractivity contribution in [3.63, 3.8) is 0 Å². The van der Waals surface area contributed by atoms with Gasteiger partial charge in [-0.3, -0.25) is 0 Å². The molecule has 34 valence electrons. The van der Waals surface area contributed by atoms with Gasteiger partial charge >= 0.3 is 29.6 Å². The van der Waals surface area contributed by atoms with E-state index in [1.54, 1.807) is 11.8 Å². The van der Waals surface area contributed by atoms with Gasteiger partial charge in [-0.2, -0.15) is 0 Å². The quantitative estimate of drug-likeness (QED) is 0.299. The summed E-state index contributed by atoms with van der Waals surface area (Å²) in [5.74, 6) is 1.15. The van der Waals surface area contributed by atoms with Crippen LogP contribution in [0.15, 0.2) is 0 Å².